The SMILES string of the molecule is O=C(O)C(F)(F)F.O=C(O)CC[n+]1ccc(C(=O)NCc2ccc(C(F)(F)F)cc2)cn1. The van der Waals surface area contributed by atoms with E-state index in [1.165, 1.54) is 35.3 Å². The van der Waals surface area contributed by atoms with E-state index in [4.69, 9.17) is 15.0 Å². The van der Waals surface area contributed by atoms with E-state index in [2.05, 4.69) is 10.4 Å². The van der Waals surface area contributed by atoms with E-state index in [9.17, 15) is 35.9 Å². The number of amides is 1. The number of aryl methyl sites for hydroxylation is 1. The Morgan fingerprint density at radius 3 is 1.94 bits per heavy atom. The van der Waals surface area contributed by atoms with Gasteiger partial charge in [0.2, 0.25) is 0 Å². The number of benzene rings is 1. The van der Waals surface area contributed by atoms with Gasteiger partial charge in [0, 0.05) is 12.6 Å². The first-order chi connectivity index (χ1) is 14.7. The van der Waals surface area contributed by atoms with Gasteiger partial charge in [-0.2, -0.15) is 26.3 Å². The Morgan fingerprint density at radius 1 is 0.969 bits per heavy atom. The minimum Gasteiger partial charge on any atom is -0.481 e. The number of aromatic nitrogens is 2. The van der Waals surface area contributed by atoms with E-state index in [-0.39, 0.29) is 25.1 Å². The molecule has 0 bridgehead atoms. The molecule has 3 N–H and O–H groups in total. The highest BCUT2D eigenvalue weighted by molar-refractivity contribution is 5.93. The van der Waals surface area contributed by atoms with Crippen LogP contribution in [0.15, 0.2) is 42.7 Å². The van der Waals surface area contributed by atoms with Crippen LogP contribution in [0.2, 0.25) is 0 Å². The summed E-state index contributed by atoms with van der Waals surface area (Å²) < 4.78 is 70.6. The molecule has 1 heterocycles. The number of nitrogens with one attached hydrogen (secondary N) is 1. The van der Waals surface area contributed by atoms with Crippen molar-refractivity contribution in [3.63, 3.8) is 0 Å². The van der Waals surface area contributed by atoms with Crippen molar-refractivity contribution < 1.29 is 55.6 Å². The molecule has 0 saturated heterocycles. The Kier molecular flexibility index (Phi) is 9.10. The average molecular weight is 468 g/mol. The van der Waals surface area contributed by atoms with Crippen molar-refractivity contribution in [2.75, 3.05) is 0 Å². The molecule has 2 rings (SSSR count). The number of rotatable bonds is 6. The maximum absolute atomic E-state index is 12.5. The second kappa shape index (κ2) is 11.1. The molecule has 1 aromatic carbocycles. The third-order valence-electron chi connectivity index (χ3n) is 3.57. The van der Waals surface area contributed by atoms with Crippen LogP contribution in [0, 0.1) is 0 Å². The third-order valence-corrected chi connectivity index (χ3v) is 3.57. The number of hydrogen-bond acceptors (Lipinski definition) is 4. The van der Waals surface area contributed by atoms with E-state index in [0.717, 1.165) is 12.1 Å². The van der Waals surface area contributed by atoms with E-state index in [1.807, 2.05) is 0 Å². The van der Waals surface area contributed by atoms with Crippen LogP contribution < -0.4 is 10.00 Å². The zero-order valence-corrected chi connectivity index (χ0v) is 15.9. The Bertz CT molecular complexity index is 928. The summed E-state index contributed by atoms with van der Waals surface area (Å²) in [5.74, 6) is -4.14. The van der Waals surface area contributed by atoms with Crippen molar-refractivity contribution in [2.24, 2.45) is 0 Å². The molecule has 32 heavy (non-hydrogen) atoms. The quantitative estimate of drug-likeness (QED) is 0.443. The number of carboxylic acids is 2. The van der Waals surface area contributed by atoms with Gasteiger partial charge in [-0.05, 0) is 22.8 Å². The van der Waals surface area contributed by atoms with Crippen molar-refractivity contribution in [3.05, 3.63) is 59.4 Å². The number of aliphatic carboxylic acids is 2. The lowest BCUT2D eigenvalue weighted by Crippen LogP contribution is -2.39. The number of alkyl halides is 6. The van der Waals surface area contributed by atoms with E-state index < -0.39 is 35.8 Å². The number of nitrogens with zero attached hydrogens (tertiary/aromatic N) is 2. The van der Waals surface area contributed by atoms with Crippen LogP contribution in [0.25, 0.3) is 0 Å². The van der Waals surface area contributed by atoms with Gasteiger partial charge < -0.3 is 15.5 Å². The zero-order valence-electron chi connectivity index (χ0n) is 15.9. The molecular weight excluding hydrogens is 452 g/mol. The summed E-state index contributed by atoms with van der Waals surface area (Å²) in [7, 11) is 0. The Balaban J connectivity index is 0.000000633. The number of hydrogen-bond donors (Lipinski definition) is 3. The molecule has 0 atom stereocenters. The van der Waals surface area contributed by atoms with Crippen LogP contribution >= 0.6 is 0 Å². The minimum atomic E-state index is -5.08. The monoisotopic (exact) mass is 468 g/mol. The van der Waals surface area contributed by atoms with Gasteiger partial charge in [-0.3, -0.25) is 9.59 Å². The van der Waals surface area contributed by atoms with Gasteiger partial charge in [0.15, 0.2) is 12.7 Å². The molecule has 8 nitrogen and oxygen atoms in total. The summed E-state index contributed by atoms with van der Waals surface area (Å²) in [6, 6.07) is 5.99. The lowest BCUT2D eigenvalue weighted by Gasteiger charge is -2.08. The molecule has 0 spiro atoms. The summed E-state index contributed by atoms with van der Waals surface area (Å²) >= 11 is 0. The average Bonchev–Trinajstić information content (AvgIpc) is 2.70. The standard InChI is InChI=1S/C16H14F3N3O3.C2HF3O2/c17-16(18,19)13-3-1-11(2-4-13)9-20-15(25)12-5-7-22(21-10-12)8-6-14(23)24;3-2(4,5)1(6)7/h1-5,7,10H,6,8-9H2,(H-,20,23,24,25);(H,6,7)/p+1. The fourth-order valence-corrected chi connectivity index (χ4v) is 1.96. The van der Waals surface area contributed by atoms with Gasteiger partial charge in [-0.25, -0.2) is 4.79 Å². The van der Waals surface area contributed by atoms with E-state index >= 15 is 0 Å². The molecule has 1 amide bonds. The lowest BCUT2D eigenvalue weighted by molar-refractivity contribution is -0.753. The minimum absolute atomic E-state index is 0.0743. The molecule has 0 aliphatic heterocycles. The second-order valence-electron chi connectivity index (χ2n) is 6.00. The van der Waals surface area contributed by atoms with E-state index in [1.54, 1.807) is 0 Å². The normalized spacial score (nSPS) is 11.2. The molecule has 0 unspecified atom stereocenters. The third kappa shape index (κ3) is 9.40. The number of halogens is 6. The van der Waals surface area contributed by atoms with Crippen molar-refractivity contribution in [1.29, 1.82) is 0 Å². The first-order valence-electron chi connectivity index (χ1n) is 8.52. The van der Waals surface area contributed by atoms with Gasteiger partial charge in [0.1, 0.15) is 12.6 Å². The van der Waals surface area contributed by atoms with Gasteiger partial charge in [0.05, 0.1) is 11.1 Å². The van der Waals surface area contributed by atoms with Crippen LogP contribution in [-0.2, 0) is 28.9 Å². The Labute approximate surface area is 176 Å². The lowest BCUT2D eigenvalue weighted by atomic mass is 10.1. The van der Waals surface area contributed by atoms with Crippen LogP contribution in [0.5, 0.6) is 0 Å². The molecule has 0 saturated carbocycles. The van der Waals surface area contributed by atoms with Gasteiger partial charge in [0.25, 0.3) is 5.91 Å². The molecule has 0 radical (unpaired) electrons. The maximum atomic E-state index is 12.5. The van der Waals surface area contributed by atoms with Gasteiger partial charge in [-0.15, -0.1) is 0 Å². The summed E-state index contributed by atoms with van der Waals surface area (Å²) in [5, 5.41) is 22.2. The van der Waals surface area contributed by atoms with Crippen LogP contribution in [0.1, 0.15) is 27.9 Å². The Hall–Kier alpha value is -3.71. The molecule has 174 valence electrons. The summed E-state index contributed by atoms with van der Waals surface area (Å²) in [6.45, 7) is 0.258. The summed E-state index contributed by atoms with van der Waals surface area (Å²) in [5.41, 5.74) is 0.0426. The molecule has 0 aliphatic rings. The fraction of sp³-hybridized carbons (Fsp3) is 0.278. The van der Waals surface area contributed by atoms with Gasteiger partial charge in [-0.1, -0.05) is 16.8 Å². The highest BCUT2D eigenvalue weighted by Gasteiger charge is 2.38. The first-order valence-corrected chi connectivity index (χ1v) is 8.52. The molecule has 0 fully saturated rings. The largest absolute Gasteiger partial charge is 0.490 e. The predicted octanol–water partition coefficient (Wildman–Crippen LogP) is 2.43. The van der Waals surface area contributed by atoms with Crippen LogP contribution in [0.3, 0.4) is 0 Å². The van der Waals surface area contributed by atoms with Crippen molar-refractivity contribution >= 4 is 17.8 Å². The smallest absolute Gasteiger partial charge is 0.481 e. The molecular formula is C18H16F6N3O5+. The highest BCUT2D eigenvalue weighted by Crippen LogP contribution is 2.29. The van der Waals surface area contributed by atoms with Crippen LogP contribution in [-0.4, -0.2) is 39.3 Å². The predicted molar refractivity (Wildman–Crippen MR) is 93.0 cm³/mol. The molecule has 0 aliphatic carbocycles. The fourth-order valence-electron chi connectivity index (χ4n) is 1.96. The summed E-state index contributed by atoms with van der Waals surface area (Å²) in [4.78, 5) is 31.4. The van der Waals surface area contributed by atoms with Crippen LogP contribution in [0.4, 0.5) is 26.3 Å². The Morgan fingerprint density at radius 2 is 1.53 bits per heavy atom. The topological polar surface area (TPSA) is 120 Å². The van der Waals surface area contributed by atoms with Crippen molar-refractivity contribution in [2.45, 2.75) is 31.9 Å². The highest BCUT2D eigenvalue weighted by atomic mass is 19.4. The molecule has 14 heteroatoms. The van der Waals surface area contributed by atoms with Crippen molar-refractivity contribution in [1.82, 2.24) is 10.4 Å². The number of carboxylic acid groups (broad SMARTS) is 2. The zero-order chi connectivity index (χ0) is 24.5. The second-order valence-corrected chi connectivity index (χ2v) is 6.00. The molecule has 2 aromatic rings. The van der Waals surface area contributed by atoms with E-state index in [0.29, 0.717) is 5.56 Å². The van der Waals surface area contributed by atoms with Gasteiger partial charge >= 0.3 is 24.3 Å². The number of carbonyl (C=O) groups excluding carboxylic acids is 1. The molecule has 1 aromatic heterocycles. The number of carbonyl (C=O) groups is 3. The summed E-state index contributed by atoms with van der Waals surface area (Å²) in [6.07, 6.45) is -6.79. The maximum Gasteiger partial charge on any atom is 0.490 e. The first kappa shape index (κ1) is 26.3. The van der Waals surface area contributed by atoms with Crippen molar-refractivity contribution in [3.8, 4) is 0 Å².